The van der Waals surface area contributed by atoms with Crippen LogP contribution in [0.1, 0.15) is 12.8 Å². The second kappa shape index (κ2) is 2.73. The molecule has 4 unspecified atom stereocenters. The van der Waals surface area contributed by atoms with Gasteiger partial charge in [-0.25, -0.2) is 0 Å². The molecule has 0 radical (unpaired) electrons. The third kappa shape index (κ3) is 0.716. The summed E-state index contributed by atoms with van der Waals surface area (Å²) >= 11 is 0. The summed E-state index contributed by atoms with van der Waals surface area (Å²) in [4.78, 5) is 0. The number of rotatable bonds is 5. The van der Waals surface area contributed by atoms with Crippen LogP contribution in [0.25, 0.3) is 0 Å². The van der Waals surface area contributed by atoms with Gasteiger partial charge < -0.3 is 0 Å². The summed E-state index contributed by atoms with van der Waals surface area (Å²) in [6.45, 7) is 15.7. The van der Waals surface area contributed by atoms with E-state index < -0.39 is 0 Å². The third-order valence-corrected chi connectivity index (χ3v) is 4.42. The van der Waals surface area contributed by atoms with E-state index in [1.54, 1.807) is 0 Å². The number of fused-ring (bicyclic) bond motifs is 1. The predicted octanol–water partition coefficient (Wildman–Crippen LogP) is 3.74. The minimum atomic E-state index is 0.296. The van der Waals surface area contributed by atoms with Crippen molar-refractivity contribution in [1.29, 1.82) is 0 Å². The lowest BCUT2D eigenvalue weighted by molar-refractivity contribution is 0.0854. The Hall–Kier alpha value is -1.04. The number of hydrogen-bond acceptors (Lipinski definition) is 0. The topological polar surface area (TPSA) is 0 Å². The maximum Gasteiger partial charge on any atom is 0.00475 e. The van der Waals surface area contributed by atoms with Gasteiger partial charge in [0.05, 0.1) is 0 Å². The van der Waals surface area contributed by atoms with Crippen LogP contribution in [0.5, 0.6) is 0 Å². The van der Waals surface area contributed by atoms with Crippen molar-refractivity contribution in [2.75, 3.05) is 0 Å². The lowest BCUT2D eigenvalue weighted by atomic mass is 9.56. The van der Waals surface area contributed by atoms with Crippen molar-refractivity contribution in [3.8, 4) is 0 Å². The number of allylic oxidation sites excluding steroid dienone is 4. The van der Waals surface area contributed by atoms with Gasteiger partial charge in [-0.15, -0.1) is 26.3 Å². The number of hydrogen-bond donors (Lipinski definition) is 0. The van der Waals surface area contributed by atoms with Crippen LogP contribution in [0.2, 0.25) is 0 Å². The Bertz CT molecular complexity index is 312. The van der Waals surface area contributed by atoms with Gasteiger partial charge in [0.2, 0.25) is 0 Å². The highest BCUT2D eigenvalue weighted by Gasteiger charge is 2.79. The second-order valence-corrected chi connectivity index (χ2v) is 4.56. The average Bonchev–Trinajstić information content (AvgIpc) is 2.80. The summed E-state index contributed by atoms with van der Waals surface area (Å²) in [6, 6.07) is 0. The molecule has 0 amide bonds. The Labute approximate surface area is 86.7 Å². The summed E-state index contributed by atoms with van der Waals surface area (Å²) in [5, 5.41) is 0. The molecule has 0 aromatic carbocycles. The Kier molecular flexibility index (Phi) is 1.85. The molecule has 0 N–H and O–H groups in total. The zero-order valence-electron chi connectivity index (χ0n) is 8.71. The maximum atomic E-state index is 3.97. The smallest absolute Gasteiger partial charge is 0.00475 e. The van der Waals surface area contributed by atoms with Crippen LogP contribution in [0.15, 0.2) is 50.6 Å². The Morgan fingerprint density at radius 3 is 2.14 bits per heavy atom. The molecular formula is C14H18. The normalized spacial score (nSPS) is 48.3. The summed E-state index contributed by atoms with van der Waals surface area (Å²) < 4.78 is 0. The molecule has 2 saturated carbocycles. The molecule has 2 aliphatic rings. The van der Waals surface area contributed by atoms with Crippen molar-refractivity contribution in [1.82, 2.24) is 0 Å². The first-order chi connectivity index (χ1) is 6.72. The zero-order valence-corrected chi connectivity index (χ0v) is 8.71. The monoisotopic (exact) mass is 186 g/mol. The molecule has 0 aromatic heterocycles. The molecule has 0 saturated heterocycles. The molecule has 4 atom stereocenters. The molecule has 0 aromatic rings. The fraction of sp³-hybridized carbons (Fsp3) is 0.429. The van der Waals surface area contributed by atoms with E-state index in [0.29, 0.717) is 22.7 Å². The standard InChI is InChI=1S/C14H18/c1-5-9-12-11(6-2)13(7-3)10-14(12,13)8-4/h5-8,11-12H,1-4,9-10H2. The van der Waals surface area contributed by atoms with Crippen LogP contribution in [0.4, 0.5) is 0 Å². The van der Waals surface area contributed by atoms with Crippen molar-refractivity contribution < 1.29 is 0 Å². The van der Waals surface area contributed by atoms with Gasteiger partial charge in [0.1, 0.15) is 0 Å². The molecule has 74 valence electrons. The van der Waals surface area contributed by atoms with Crippen LogP contribution < -0.4 is 0 Å². The van der Waals surface area contributed by atoms with Gasteiger partial charge in [0.25, 0.3) is 0 Å². The Morgan fingerprint density at radius 2 is 1.71 bits per heavy atom. The summed E-state index contributed by atoms with van der Waals surface area (Å²) in [7, 11) is 0. The van der Waals surface area contributed by atoms with Crippen LogP contribution in [-0.4, -0.2) is 0 Å². The van der Waals surface area contributed by atoms with Crippen LogP contribution in [0.3, 0.4) is 0 Å². The van der Waals surface area contributed by atoms with E-state index in [1.165, 1.54) is 6.42 Å². The van der Waals surface area contributed by atoms with Gasteiger partial charge in [0, 0.05) is 10.8 Å². The minimum absolute atomic E-state index is 0.296. The first-order valence-corrected chi connectivity index (χ1v) is 5.23. The molecule has 0 aliphatic heterocycles. The SMILES string of the molecule is C=CCC1C(C=C)C2(C=C)CC12C=C. The second-order valence-electron chi connectivity index (χ2n) is 4.56. The van der Waals surface area contributed by atoms with Crippen LogP contribution >= 0.6 is 0 Å². The quantitative estimate of drug-likeness (QED) is 0.574. The first kappa shape index (κ1) is 9.51. The maximum absolute atomic E-state index is 3.97. The third-order valence-electron chi connectivity index (χ3n) is 4.42. The van der Waals surface area contributed by atoms with Crippen molar-refractivity contribution in [3.05, 3.63) is 50.6 Å². The predicted molar refractivity (Wildman–Crippen MR) is 61.9 cm³/mol. The van der Waals surface area contributed by atoms with E-state index in [9.17, 15) is 0 Å². The van der Waals surface area contributed by atoms with Gasteiger partial charge in [-0.2, -0.15) is 0 Å². The molecule has 0 bridgehead atoms. The van der Waals surface area contributed by atoms with Gasteiger partial charge in [0.15, 0.2) is 0 Å². The van der Waals surface area contributed by atoms with E-state index in [1.807, 2.05) is 6.08 Å². The fourth-order valence-electron chi connectivity index (χ4n) is 3.65. The van der Waals surface area contributed by atoms with Gasteiger partial charge in [-0.05, 0) is 24.7 Å². The Morgan fingerprint density at radius 1 is 1.07 bits per heavy atom. The molecule has 0 heterocycles. The van der Waals surface area contributed by atoms with Gasteiger partial charge >= 0.3 is 0 Å². The largest absolute Gasteiger partial charge is 0.103 e. The minimum Gasteiger partial charge on any atom is -0.103 e. The lowest BCUT2D eigenvalue weighted by Gasteiger charge is -2.47. The molecule has 2 rings (SSSR count). The highest BCUT2D eigenvalue weighted by molar-refractivity contribution is 5.42. The fourth-order valence-corrected chi connectivity index (χ4v) is 3.65. The zero-order chi connectivity index (χ0) is 10.4. The first-order valence-electron chi connectivity index (χ1n) is 5.23. The van der Waals surface area contributed by atoms with E-state index in [4.69, 9.17) is 0 Å². The van der Waals surface area contributed by atoms with E-state index in [2.05, 4.69) is 44.5 Å². The van der Waals surface area contributed by atoms with Crippen molar-refractivity contribution in [2.45, 2.75) is 12.8 Å². The van der Waals surface area contributed by atoms with E-state index in [0.717, 1.165) is 6.42 Å². The summed E-state index contributed by atoms with van der Waals surface area (Å²) in [5.74, 6) is 1.24. The molecule has 0 heteroatoms. The summed E-state index contributed by atoms with van der Waals surface area (Å²) in [5.41, 5.74) is 0.617. The average molecular weight is 186 g/mol. The highest BCUT2D eigenvalue weighted by atomic mass is 14.8. The molecule has 0 spiro atoms. The van der Waals surface area contributed by atoms with E-state index >= 15 is 0 Å². The van der Waals surface area contributed by atoms with Crippen molar-refractivity contribution in [3.63, 3.8) is 0 Å². The molecule has 2 fully saturated rings. The van der Waals surface area contributed by atoms with Crippen molar-refractivity contribution in [2.24, 2.45) is 22.7 Å². The molecule has 14 heavy (non-hydrogen) atoms. The van der Waals surface area contributed by atoms with Gasteiger partial charge in [-0.3, -0.25) is 0 Å². The van der Waals surface area contributed by atoms with Crippen molar-refractivity contribution >= 4 is 0 Å². The summed E-state index contributed by atoms with van der Waals surface area (Å²) in [6.07, 6.45) is 10.6. The highest BCUT2D eigenvalue weighted by Crippen LogP contribution is 2.85. The lowest BCUT2D eigenvalue weighted by Crippen LogP contribution is -2.43. The van der Waals surface area contributed by atoms with E-state index in [-0.39, 0.29) is 0 Å². The van der Waals surface area contributed by atoms with Gasteiger partial charge in [-0.1, -0.05) is 24.3 Å². The molecular weight excluding hydrogens is 168 g/mol. The molecule has 0 nitrogen and oxygen atoms in total. The Balaban J connectivity index is 2.29. The molecule has 2 aliphatic carbocycles. The van der Waals surface area contributed by atoms with Crippen LogP contribution in [-0.2, 0) is 0 Å². The van der Waals surface area contributed by atoms with Crippen LogP contribution in [0, 0.1) is 22.7 Å².